The predicted octanol–water partition coefficient (Wildman–Crippen LogP) is 3.79. The van der Waals surface area contributed by atoms with Crippen molar-refractivity contribution in [2.24, 2.45) is 0 Å². The first kappa shape index (κ1) is 20.7. The summed E-state index contributed by atoms with van der Waals surface area (Å²) in [5.41, 5.74) is 2.99. The SMILES string of the molecule is Cc1nc(C)c(Cc2ccc(Cl)cc2Cl)c(N2CCN(C(=O)N(C)C)CC2)n1. The van der Waals surface area contributed by atoms with Crippen molar-refractivity contribution >= 4 is 35.1 Å². The highest BCUT2D eigenvalue weighted by Crippen LogP contribution is 2.29. The smallest absolute Gasteiger partial charge is 0.319 e. The summed E-state index contributed by atoms with van der Waals surface area (Å²) >= 11 is 12.4. The number of carbonyl (C=O) groups excluding carboxylic acids is 1. The van der Waals surface area contributed by atoms with Gasteiger partial charge >= 0.3 is 6.03 Å². The number of aryl methyl sites for hydroxylation is 2. The topological polar surface area (TPSA) is 52.6 Å². The lowest BCUT2D eigenvalue weighted by molar-refractivity contribution is 0.168. The van der Waals surface area contributed by atoms with E-state index in [4.69, 9.17) is 28.2 Å². The second-order valence-corrected chi connectivity index (χ2v) is 8.07. The summed E-state index contributed by atoms with van der Waals surface area (Å²) in [6.45, 7) is 6.71. The quantitative estimate of drug-likeness (QED) is 0.755. The Morgan fingerprint density at radius 2 is 1.79 bits per heavy atom. The molecule has 1 fully saturated rings. The predicted molar refractivity (Wildman–Crippen MR) is 114 cm³/mol. The van der Waals surface area contributed by atoms with E-state index in [9.17, 15) is 4.79 Å². The number of hydrogen-bond donors (Lipinski definition) is 0. The second kappa shape index (κ2) is 8.53. The summed E-state index contributed by atoms with van der Waals surface area (Å²) in [6.07, 6.45) is 0.633. The number of nitrogens with zero attached hydrogens (tertiary/aromatic N) is 5. The third kappa shape index (κ3) is 4.50. The average Bonchev–Trinajstić information content (AvgIpc) is 2.65. The fraction of sp³-hybridized carbons (Fsp3) is 0.450. The average molecular weight is 422 g/mol. The van der Waals surface area contributed by atoms with Crippen LogP contribution in [0.1, 0.15) is 22.6 Å². The number of rotatable bonds is 3. The van der Waals surface area contributed by atoms with Gasteiger partial charge in [-0.2, -0.15) is 0 Å². The molecule has 150 valence electrons. The monoisotopic (exact) mass is 421 g/mol. The zero-order valence-corrected chi connectivity index (χ0v) is 18.2. The number of urea groups is 1. The van der Waals surface area contributed by atoms with E-state index < -0.39 is 0 Å². The van der Waals surface area contributed by atoms with Crippen LogP contribution in [0, 0.1) is 13.8 Å². The number of aromatic nitrogens is 2. The maximum Gasteiger partial charge on any atom is 0.319 e. The third-order valence-electron chi connectivity index (χ3n) is 4.92. The normalized spacial score (nSPS) is 14.4. The largest absolute Gasteiger partial charge is 0.353 e. The molecule has 6 nitrogen and oxygen atoms in total. The van der Waals surface area contributed by atoms with Gasteiger partial charge in [-0.1, -0.05) is 29.3 Å². The third-order valence-corrected chi connectivity index (χ3v) is 5.51. The molecule has 0 bridgehead atoms. The van der Waals surface area contributed by atoms with Crippen LogP contribution in [-0.4, -0.2) is 66.1 Å². The van der Waals surface area contributed by atoms with E-state index in [0.29, 0.717) is 29.6 Å². The highest BCUT2D eigenvalue weighted by Gasteiger charge is 2.25. The standard InChI is InChI=1S/C20H25Cl2N5O/c1-13-17(11-15-5-6-16(21)12-18(15)22)19(24-14(2)23-13)26-7-9-27(10-8-26)20(28)25(3)4/h5-6,12H,7-11H2,1-4H3. The molecule has 2 amide bonds. The lowest BCUT2D eigenvalue weighted by Gasteiger charge is -2.37. The van der Waals surface area contributed by atoms with Gasteiger partial charge in [-0.15, -0.1) is 0 Å². The van der Waals surface area contributed by atoms with Gasteiger partial charge in [0.1, 0.15) is 11.6 Å². The van der Waals surface area contributed by atoms with Crippen molar-refractivity contribution in [2.45, 2.75) is 20.3 Å². The van der Waals surface area contributed by atoms with Gasteiger partial charge in [0.2, 0.25) is 0 Å². The fourth-order valence-electron chi connectivity index (χ4n) is 3.43. The van der Waals surface area contributed by atoms with E-state index in [1.165, 1.54) is 0 Å². The number of hydrogen-bond acceptors (Lipinski definition) is 4. The summed E-state index contributed by atoms with van der Waals surface area (Å²) in [6, 6.07) is 5.59. The Bertz CT molecular complexity index is 879. The van der Waals surface area contributed by atoms with E-state index in [0.717, 1.165) is 41.6 Å². The van der Waals surface area contributed by atoms with Gasteiger partial charge in [0.25, 0.3) is 0 Å². The van der Waals surface area contributed by atoms with Crippen molar-refractivity contribution in [3.8, 4) is 0 Å². The zero-order chi connectivity index (χ0) is 20.4. The maximum atomic E-state index is 12.2. The van der Waals surface area contributed by atoms with E-state index in [-0.39, 0.29) is 6.03 Å². The Morgan fingerprint density at radius 3 is 2.39 bits per heavy atom. The first-order valence-corrected chi connectivity index (χ1v) is 10.0. The van der Waals surface area contributed by atoms with E-state index in [1.54, 1.807) is 25.1 Å². The summed E-state index contributed by atoms with van der Waals surface area (Å²) in [5.74, 6) is 1.67. The van der Waals surface area contributed by atoms with Crippen molar-refractivity contribution in [1.82, 2.24) is 19.8 Å². The van der Waals surface area contributed by atoms with Crippen LogP contribution in [0.25, 0.3) is 0 Å². The van der Waals surface area contributed by atoms with Gasteiger partial charge in [-0.3, -0.25) is 0 Å². The van der Waals surface area contributed by atoms with Crippen LogP contribution in [-0.2, 0) is 6.42 Å². The molecule has 0 radical (unpaired) electrons. The molecule has 0 atom stereocenters. The minimum absolute atomic E-state index is 0.0443. The van der Waals surface area contributed by atoms with Crippen molar-refractivity contribution in [3.05, 3.63) is 50.9 Å². The molecule has 2 heterocycles. The Labute approximate surface area is 176 Å². The Balaban J connectivity index is 1.86. The zero-order valence-electron chi connectivity index (χ0n) is 16.7. The van der Waals surface area contributed by atoms with Crippen LogP contribution in [0.2, 0.25) is 10.0 Å². The molecule has 2 aromatic rings. The number of anilines is 1. The van der Waals surface area contributed by atoms with E-state index >= 15 is 0 Å². The van der Waals surface area contributed by atoms with Crippen LogP contribution in [0.3, 0.4) is 0 Å². The molecule has 8 heteroatoms. The molecule has 0 N–H and O–H groups in total. The van der Waals surface area contributed by atoms with Crippen LogP contribution in [0.5, 0.6) is 0 Å². The number of halogens is 2. The van der Waals surface area contributed by atoms with Crippen molar-refractivity contribution in [1.29, 1.82) is 0 Å². The Kier molecular flexibility index (Phi) is 6.30. The number of carbonyl (C=O) groups is 1. The van der Waals surface area contributed by atoms with Crippen LogP contribution in [0.15, 0.2) is 18.2 Å². The van der Waals surface area contributed by atoms with Crippen LogP contribution >= 0.6 is 23.2 Å². The molecule has 1 aromatic carbocycles. The highest BCUT2D eigenvalue weighted by molar-refractivity contribution is 6.35. The van der Waals surface area contributed by atoms with Gasteiger partial charge < -0.3 is 14.7 Å². The van der Waals surface area contributed by atoms with Crippen molar-refractivity contribution in [3.63, 3.8) is 0 Å². The molecule has 0 spiro atoms. The van der Waals surface area contributed by atoms with Gasteiger partial charge in [-0.05, 0) is 31.5 Å². The van der Waals surface area contributed by atoms with Crippen molar-refractivity contribution in [2.75, 3.05) is 45.2 Å². The summed E-state index contributed by atoms with van der Waals surface area (Å²) < 4.78 is 0. The molecule has 0 unspecified atom stereocenters. The summed E-state index contributed by atoms with van der Waals surface area (Å²) in [5, 5.41) is 1.26. The first-order valence-electron chi connectivity index (χ1n) is 9.25. The number of amides is 2. The van der Waals surface area contributed by atoms with Gasteiger partial charge in [0.15, 0.2) is 0 Å². The van der Waals surface area contributed by atoms with Gasteiger partial charge in [-0.25, -0.2) is 14.8 Å². The maximum absolute atomic E-state index is 12.2. The minimum atomic E-state index is 0.0443. The first-order chi connectivity index (χ1) is 13.3. The molecule has 3 rings (SSSR count). The van der Waals surface area contributed by atoms with Gasteiger partial charge in [0.05, 0.1) is 0 Å². The summed E-state index contributed by atoms with van der Waals surface area (Å²) in [4.78, 5) is 27.2. The van der Waals surface area contributed by atoms with E-state index in [2.05, 4.69) is 9.88 Å². The van der Waals surface area contributed by atoms with Crippen LogP contribution in [0.4, 0.5) is 10.6 Å². The lowest BCUT2D eigenvalue weighted by atomic mass is 10.0. The minimum Gasteiger partial charge on any atom is -0.353 e. The molecule has 28 heavy (non-hydrogen) atoms. The van der Waals surface area contributed by atoms with E-state index in [1.807, 2.05) is 30.9 Å². The van der Waals surface area contributed by atoms with Crippen molar-refractivity contribution < 1.29 is 4.79 Å². The lowest BCUT2D eigenvalue weighted by Crippen LogP contribution is -2.52. The highest BCUT2D eigenvalue weighted by atomic mass is 35.5. The summed E-state index contributed by atoms with van der Waals surface area (Å²) in [7, 11) is 3.56. The Hall–Kier alpha value is -2.05. The van der Waals surface area contributed by atoms with Gasteiger partial charge in [0, 0.05) is 68.0 Å². The molecule has 1 saturated heterocycles. The molecular formula is C20H25Cl2N5O. The fourth-order valence-corrected chi connectivity index (χ4v) is 3.91. The molecule has 0 aliphatic carbocycles. The number of piperazine rings is 1. The molecule has 1 aliphatic heterocycles. The molecular weight excluding hydrogens is 397 g/mol. The Morgan fingerprint density at radius 1 is 1.11 bits per heavy atom. The number of benzene rings is 1. The second-order valence-electron chi connectivity index (χ2n) is 7.22. The van der Waals surface area contributed by atoms with Crippen LogP contribution < -0.4 is 4.90 Å². The molecule has 1 aliphatic rings. The molecule has 1 aromatic heterocycles. The molecule has 0 saturated carbocycles.